The summed E-state index contributed by atoms with van der Waals surface area (Å²) >= 11 is 0. The van der Waals surface area contributed by atoms with Crippen LogP contribution in [0.4, 0.5) is 0 Å². The van der Waals surface area contributed by atoms with Crippen LogP contribution >= 0.6 is 0 Å². The van der Waals surface area contributed by atoms with E-state index in [-0.39, 0.29) is 60.1 Å². The maximum Gasteiger partial charge on any atom is 0.187 e. The van der Waals surface area contributed by atoms with E-state index < -0.39 is 135 Å². The Morgan fingerprint density at radius 3 is 2.05 bits per heavy atom. The highest BCUT2D eigenvalue weighted by Gasteiger charge is 2.70. The van der Waals surface area contributed by atoms with E-state index in [0.29, 0.717) is 32.1 Å². The summed E-state index contributed by atoms with van der Waals surface area (Å²) in [7, 11) is 1.66. The van der Waals surface area contributed by atoms with Gasteiger partial charge in [-0.1, -0.05) is 39.3 Å². The van der Waals surface area contributed by atoms with Gasteiger partial charge in [0.05, 0.1) is 50.3 Å². The molecule has 4 aliphatic carbocycles. The molecule has 20 nitrogen and oxygen atoms in total. The molecule has 0 radical (unpaired) electrons. The van der Waals surface area contributed by atoms with Gasteiger partial charge in [-0.2, -0.15) is 0 Å². The molecule has 20 heteroatoms. The van der Waals surface area contributed by atoms with Crippen molar-refractivity contribution in [1.82, 2.24) is 0 Å². The molecule has 0 aromatic carbocycles. The van der Waals surface area contributed by atoms with Crippen molar-refractivity contribution in [3.63, 3.8) is 0 Å². The van der Waals surface area contributed by atoms with E-state index in [0.717, 1.165) is 12.0 Å². The Balaban J connectivity index is 0.929. The number of hydrogen-bond donors (Lipinski definition) is 12. The van der Waals surface area contributed by atoms with Crippen LogP contribution in [0.15, 0.2) is 11.6 Å². The summed E-state index contributed by atoms with van der Waals surface area (Å²) in [6.07, 6.45) is -18.2. The molecule has 8 aliphatic rings. The van der Waals surface area contributed by atoms with Crippen molar-refractivity contribution in [2.24, 2.45) is 46.3 Å². The lowest BCUT2D eigenvalue weighted by Crippen LogP contribution is -2.65. The summed E-state index contributed by atoms with van der Waals surface area (Å²) < 4.78 is 48.5. The second-order valence-electron chi connectivity index (χ2n) is 21.4. The molecule has 0 spiro atoms. The minimum Gasteiger partial charge on any atom is -0.394 e. The summed E-state index contributed by atoms with van der Waals surface area (Å²) in [4.78, 5) is 0. The van der Waals surface area contributed by atoms with E-state index in [1.54, 1.807) is 7.11 Å². The molecule has 28 unspecified atom stereocenters. The molecule has 0 amide bonds. The predicted octanol–water partition coefficient (Wildman–Crippen LogP) is -2.24. The minimum absolute atomic E-state index is 0.0390. The summed E-state index contributed by atoms with van der Waals surface area (Å²) in [5, 5.41) is 128. The second kappa shape index (κ2) is 19.5. The fourth-order valence-electron chi connectivity index (χ4n) is 14.0. The summed E-state index contributed by atoms with van der Waals surface area (Å²) in [5.74, 6) is -0.964. The van der Waals surface area contributed by atoms with Crippen molar-refractivity contribution in [2.75, 3.05) is 26.9 Å². The average molecular weight is 949 g/mol. The van der Waals surface area contributed by atoms with E-state index in [1.165, 1.54) is 6.92 Å². The van der Waals surface area contributed by atoms with E-state index in [2.05, 4.69) is 19.9 Å². The first-order valence-electron chi connectivity index (χ1n) is 24.0. The molecule has 4 heterocycles. The monoisotopic (exact) mass is 948 g/mol. The maximum atomic E-state index is 12.4. The predicted molar refractivity (Wildman–Crippen MR) is 225 cm³/mol. The number of hydrogen-bond acceptors (Lipinski definition) is 20. The number of aliphatic hydroxyl groups is 12. The molecule has 66 heavy (non-hydrogen) atoms. The number of allylic oxidation sites excluding steroid dienone is 1. The van der Waals surface area contributed by atoms with Crippen molar-refractivity contribution in [2.45, 2.75) is 202 Å². The summed E-state index contributed by atoms with van der Waals surface area (Å²) in [6, 6.07) is 0. The van der Waals surface area contributed by atoms with Crippen LogP contribution in [0.1, 0.15) is 79.6 Å². The largest absolute Gasteiger partial charge is 0.394 e. The molecule has 0 aromatic heterocycles. The standard InChI is InChI=1S/C46H76O20/c1-18(17-60-41-38(57)36(55)33(52)27(15-47)63-41)9-10-46(59-6)19(2)30-26(66-46)13-24-23-8-7-21-11-22(12-29(50)45(21,5)31(23)25(49)14-44(24,30)4)62-43-40(37(56)34(53)28(16-48)64-43)65-42-39(58)35(54)32(51)20(3)61-42/h7,18-20,22-43,47-58H,8-17H2,1-6H3. The summed E-state index contributed by atoms with van der Waals surface area (Å²) in [6.45, 7) is 8.88. The molecule has 8 rings (SSSR count). The number of rotatable bonds is 13. The van der Waals surface area contributed by atoms with Crippen LogP contribution in [0.2, 0.25) is 0 Å². The fourth-order valence-corrected chi connectivity index (χ4v) is 14.0. The molecule has 380 valence electrons. The van der Waals surface area contributed by atoms with E-state index >= 15 is 0 Å². The van der Waals surface area contributed by atoms with E-state index in [4.69, 9.17) is 37.9 Å². The minimum atomic E-state index is -1.72. The van der Waals surface area contributed by atoms with Gasteiger partial charge in [0, 0.05) is 31.3 Å². The molecular weight excluding hydrogens is 872 g/mol. The SMILES string of the molecule is COC1(CCC(C)COC2OC(CO)C(O)C(O)C2O)OC2CC3C4CC=C5CC(OC6OC(CO)C(O)C(O)C6OC6OC(C)C(O)C(O)C6O)CC(O)C5(C)C4C(O)CC3(C)C2C1C. The first kappa shape index (κ1) is 51.3. The highest BCUT2D eigenvalue weighted by Crippen LogP contribution is 2.70. The van der Waals surface area contributed by atoms with Gasteiger partial charge < -0.3 is 99.2 Å². The van der Waals surface area contributed by atoms with Gasteiger partial charge in [-0.3, -0.25) is 0 Å². The quantitative estimate of drug-likeness (QED) is 0.0869. The van der Waals surface area contributed by atoms with Crippen molar-refractivity contribution in [3.05, 3.63) is 11.6 Å². The first-order chi connectivity index (χ1) is 31.1. The van der Waals surface area contributed by atoms with Crippen LogP contribution in [0.3, 0.4) is 0 Å². The topological polar surface area (TPSA) is 317 Å². The first-order valence-corrected chi connectivity index (χ1v) is 24.0. The van der Waals surface area contributed by atoms with Crippen LogP contribution in [0.25, 0.3) is 0 Å². The van der Waals surface area contributed by atoms with Gasteiger partial charge in [0.2, 0.25) is 0 Å². The van der Waals surface area contributed by atoms with Crippen molar-refractivity contribution < 1.29 is 99.2 Å². The van der Waals surface area contributed by atoms with Gasteiger partial charge >= 0.3 is 0 Å². The molecule has 12 N–H and O–H groups in total. The number of aliphatic hydroxyl groups excluding tert-OH is 12. The molecule has 7 fully saturated rings. The number of ether oxygens (including phenoxy) is 8. The molecular formula is C46H76O20. The molecule has 3 saturated carbocycles. The average Bonchev–Trinajstić information content (AvgIpc) is 3.74. The highest BCUT2D eigenvalue weighted by atomic mass is 16.8. The fraction of sp³-hybridized carbons (Fsp3) is 0.957. The van der Waals surface area contributed by atoms with Crippen LogP contribution in [0, 0.1) is 46.3 Å². The van der Waals surface area contributed by atoms with Gasteiger partial charge in [0.1, 0.15) is 67.1 Å². The van der Waals surface area contributed by atoms with Gasteiger partial charge in [-0.15, -0.1) is 0 Å². The Kier molecular flexibility index (Phi) is 15.2. The van der Waals surface area contributed by atoms with Gasteiger partial charge in [0.15, 0.2) is 24.7 Å². The maximum absolute atomic E-state index is 12.4. The van der Waals surface area contributed by atoms with E-state index in [1.807, 2.05) is 13.8 Å². The van der Waals surface area contributed by atoms with Crippen molar-refractivity contribution >= 4 is 0 Å². The molecule has 4 aliphatic heterocycles. The van der Waals surface area contributed by atoms with Crippen molar-refractivity contribution in [3.8, 4) is 0 Å². The lowest BCUT2D eigenvalue weighted by atomic mass is 9.45. The zero-order chi connectivity index (χ0) is 47.9. The van der Waals surface area contributed by atoms with E-state index in [9.17, 15) is 61.3 Å². The smallest absolute Gasteiger partial charge is 0.187 e. The van der Waals surface area contributed by atoms with Gasteiger partial charge in [-0.25, -0.2) is 0 Å². The Morgan fingerprint density at radius 1 is 0.742 bits per heavy atom. The number of methoxy groups -OCH3 is 1. The van der Waals surface area contributed by atoms with Crippen LogP contribution < -0.4 is 0 Å². The Labute approximate surface area is 385 Å². The second-order valence-corrected chi connectivity index (χ2v) is 21.4. The Hall–Kier alpha value is -1.06. The van der Waals surface area contributed by atoms with Gasteiger partial charge in [0.25, 0.3) is 0 Å². The molecule has 28 atom stereocenters. The van der Waals surface area contributed by atoms with Crippen LogP contribution in [-0.2, 0) is 37.9 Å². The van der Waals surface area contributed by atoms with Crippen molar-refractivity contribution in [1.29, 1.82) is 0 Å². The normalized spacial score (nSPS) is 55.3. The van der Waals surface area contributed by atoms with Gasteiger partial charge in [-0.05, 0) is 74.0 Å². The zero-order valence-electron chi connectivity index (χ0n) is 38.7. The number of fused-ring (bicyclic) bond motifs is 7. The third-order valence-corrected chi connectivity index (χ3v) is 17.7. The molecule has 4 saturated heterocycles. The van der Waals surface area contributed by atoms with Crippen LogP contribution in [0.5, 0.6) is 0 Å². The Morgan fingerprint density at radius 2 is 1.38 bits per heavy atom. The molecule has 0 bridgehead atoms. The Bertz CT molecular complexity index is 1690. The summed E-state index contributed by atoms with van der Waals surface area (Å²) in [5.41, 5.74) is -0.192. The third-order valence-electron chi connectivity index (χ3n) is 17.7. The third kappa shape index (κ3) is 8.56. The highest BCUT2D eigenvalue weighted by molar-refractivity contribution is 5.30. The lowest BCUT2D eigenvalue weighted by Gasteiger charge is -2.61. The molecule has 0 aromatic rings. The zero-order valence-corrected chi connectivity index (χ0v) is 38.7. The lowest BCUT2D eigenvalue weighted by molar-refractivity contribution is -0.370. The van der Waals surface area contributed by atoms with Crippen LogP contribution in [-0.4, -0.2) is 211 Å².